The summed E-state index contributed by atoms with van der Waals surface area (Å²) in [4.78, 5) is 4.23. The third-order valence-electron chi connectivity index (χ3n) is 5.02. The van der Waals surface area contributed by atoms with Crippen LogP contribution in [0, 0.1) is 5.92 Å². The van der Waals surface area contributed by atoms with Crippen LogP contribution in [0.3, 0.4) is 0 Å². The van der Waals surface area contributed by atoms with Gasteiger partial charge in [0.1, 0.15) is 6.61 Å². The number of nitrogens with zero attached hydrogens (tertiary/aromatic N) is 1. The van der Waals surface area contributed by atoms with Crippen LogP contribution in [-0.2, 0) is 17.3 Å². The number of pyridine rings is 1. The Morgan fingerprint density at radius 3 is 2.68 bits per heavy atom. The normalized spacial score (nSPS) is 18.3. The molecule has 1 atom stereocenters. The molecule has 1 aromatic heterocycles. The molecule has 3 rings (SSSR count). The van der Waals surface area contributed by atoms with E-state index in [1.54, 1.807) is 6.07 Å². The van der Waals surface area contributed by atoms with Gasteiger partial charge in [-0.05, 0) is 63.3 Å². The van der Waals surface area contributed by atoms with Gasteiger partial charge >= 0.3 is 0 Å². The molecule has 0 aliphatic carbocycles. The summed E-state index contributed by atoms with van der Waals surface area (Å²) in [5, 5.41) is 6.86. The Morgan fingerprint density at radius 1 is 1.21 bits per heavy atom. The van der Waals surface area contributed by atoms with E-state index in [1.165, 1.54) is 12.5 Å². The van der Waals surface area contributed by atoms with E-state index in [4.69, 9.17) is 4.74 Å². The Hall–Kier alpha value is -2.12. The molecule has 0 radical (unpaired) electrons. The van der Waals surface area contributed by atoms with E-state index in [9.17, 15) is 8.42 Å². The lowest BCUT2D eigenvalue weighted by Gasteiger charge is -2.17. The molecule has 0 amide bonds. The van der Waals surface area contributed by atoms with Gasteiger partial charge in [0.2, 0.25) is 0 Å². The van der Waals surface area contributed by atoms with Crippen LogP contribution < -0.4 is 15.4 Å². The molecule has 0 spiro atoms. The number of thiol groups is 1. The number of hydrogen-bond donors (Lipinski definition) is 3. The molecule has 7 heteroatoms. The molecule has 28 heavy (non-hydrogen) atoms. The van der Waals surface area contributed by atoms with Crippen molar-refractivity contribution in [2.45, 2.75) is 50.3 Å². The molecule has 0 bridgehead atoms. The minimum atomic E-state index is -2.73. The Balaban J connectivity index is 1.58. The Morgan fingerprint density at radius 2 is 2.00 bits per heavy atom. The van der Waals surface area contributed by atoms with Gasteiger partial charge in [0.15, 0.2) is 27.3 Å². The van der Waals surface area contributed by atoms with Gasteiger partial charge in [-0.3, -0.25) is 0 Å². The molecular formula is C21H29N3O3S. The van der Waals surface area contributed by atoms with Crippen LogP contribution in [0.15, 0.2) is 47.5 Å². The molecular weight excluding hydrogens is 374 g/mol. The highest BCUT2D eigenvalue weighted by molar-refractivity contribution is 7.72. The van der Waals surface area contributed by atoms with Crippen molar-refractivity contribution in [3.05, 3.63) is 48.0 Å². The van der Waals surface area contributed by atoms with E-state index in [1.807, 2.05) is 30.3 Å². The number of rotatable bonds is 9. The lowest BCUT2D eigenvalue weighted by molar-refractivity contribution is 0.306. The van der Waals surface area contributed by atoms with Gasteiger partial charge in [-0.25, -0.2) is 13.4 Å². The average Bonchev–Trinajstić information content (AvgIpc) is 3.03. The summed E-state index contributed by atoms with van der Waals surface area (Å²) in [6.07, 6.45) is 3.30. The molecule has 1 aliphatic heterocycles. The maximum atomic E-state index is 11.3. The van der Waals surface area contributed by atoms with Crippen LogP contribution in [0.4, 0.5) is 5.82 Å². The molecule has 2 N–H and O–H groups in total. The smallest absolute Gasteiger partial charge is 0.185 e. The first-order chi connectivity index (χ1) is 13.4. The van der Waals surface area contributed by atoms with Gasteiger partial charge in [0, 0.05) is 12.1 Å². The molecule has 1 saturated heterocycles. The van der Waals surface area contributed by atoms with Crippen LogP contribution in [0.2, 0.25) is 0 Å². The second-order valence-electron chi connectivity index (χ2n) is 7.95. The predicted octanol–water partition coefficient (Wildman–Crippen LogP) is 3.21. The molecule has 1 aliphatic rings. The first-order valence-corrected chi connectivity index (χ1v) is 10.9. The SMILES string of the molecule is CC1(C)C[C@H](CCCNc2nc([SH](=O)=O)ccc2OCc2ccccc2)CN1. The summed E-state index contributed by atoms with van der Waals surface area (Å²) in [5.41, 5.74) is 1.27. The van der Waals surface area contributed by atoms with E-state index < -0.39 is 10.7 Å². The molecule has 0 saturated carbocycles. The van der Waals surface area contributed by atoms with Gasteiger partial charge < -0.3 is 15.4 Å². The molecule has 1 fully saturated rings. The van der Waals surface area contributed by atoms with Crippen molar-refractivity contribution in [1.82, 2.24) is 10.3 Å². The quantitative estimate of drug-likeness (QED) is 0.441. The van der Waals surface area contributed by atoms with Gasteiger partial charge in [-0.2, -0.15) is 0 Å². The maximum Gasteiger partial charge on any atom is 0.185 e. The molecule has 152 valence electrons. The van der Waals surface area contributed by atoms with Crippen LogP contribution in [-0.4, -0.2) is 32.0 Å². The van der Waals surface area contributed by atoms with E-state index in [2.05, 4.69) is 29.5 Å². The molecule has 2 aromatic rings. The Kier molecular flexibility index (Phi) is 6.91. The fourth-order valence-electron chi connectivity index (χ4n) is 3.60. The summed E-state index contributed by atoms with van der Waals surface area (Å²) in [6, 6.07) is 13.0. The van der Waals surface area contributed by atoms with Crippen molar-refractivity contribution < 1.29 is 13.2 Å². The first-order valence-electron chi connectivity index (χ1n) is 9.74. The van der Waals surface area contributed by atoms with Crippen molar-refractivity contribution in [1.29, 1.82) is 0 Å². The number of nitrogens with one attached hydrogen (secondary N) is 2. The monoisotopic (exact) mass is 403 g/mol. The zero-order chi connectivity index (χ0) is 20.0. The number of benzene rings is 1. The highest BCUT2D eigenvalue weighted by atomic mass is 32.2. The fraction of sp³-hybridized carbons (Fsp3) is 0.476. The standard InChI is InChI=1S/C21H29N3O3S/c1-21(2)13-17(14-23-21)9-6-12-22-20-18(10-11-19(24-20)28(25)26)27-15-16-7-4-3-5-8-16/h3-5,7-8,10-11,17,23,28H,6,9,12-15H2,1-2H3,(H,22,24)/t17-/m0/s1. The van der Waals surface area contributed by atoms with Crippen molar-refractivity contribution in [3.8, 4) is 5.75 Å². The highest BCUT2D eigenvalue weighted by Gasteiger charge is 2.29. The van der Waals surface area contributed by atoms with Crippen LogP contribution in [0.5, 0.6) is 5.75 Å². The molecule has 0 unspecified atom stereocenters. The van der Waals surface area contributed by atoms with Gasteiger partial charge in [0.25, 0.3) is 0 Å². The molecule has 1 aromatic carbocycles. The van der Waals surface area contributed by atoms with Crippen LogP contribution >= 0.6 is 0 Å². The van der Waals surface area contributed by atoms with E-state index in [0.717, 1.165) is 31.5 Å². The summed E-state index contributed by atoms with van der Waals surface area (Å²) < 4.78 is 28.5. The largest absolute Gasteiger partial charge is 0.485 e. The third-order valence-corrected chi connectivity index (χ3v) is 5.64. The highest BCUT2D eigenvalue weighted by Crippen LogP contribution is 2.27. The average molecular weight is 404 g/mol. The zero-order valence-electron chi connectivity index (χ0n) is 16.5. The van der Waals surface area contributed by atoms with Crippen LogP contribution in [0.1, 0.15) is 38.7 Å². The van der Waals surface area contributed by atoms with E-state index in [-0.39, 0.29) is 10.6 Å². The van der Waals surface area contributed by atoms with Crippen molar-refractivity contribution >= 4 is 16.5 Å². The van der Waals surface area contributed by atoms with Gasteiger partial charge in [0.05, 0.1) is 0 Å². The zero-order valence-corrected chi connectivity index (χ0v) is 17.4. The third kappa shape index (κ3) is 5.94. The fourth-order valence-corrected chi connectivity index (χ4v) is 3.98. The van der Waals surface area contributed by atoms with Gasteiger partial charge in [-0.15, -0.1) is 0 Å². The predicted molar refractivity (Wildman–Crippen MR) is 112 cm³/mol. The van der Waals surface area contributed by atoms with Crippen molar-refractivity contribution in [2.75, 3.05) is 18.4 Å². The lowest BCUT2D eigenvalue weighted by Crippen LogP contribution is -2.31. The number of anilines is 1. The second-order valence-corrected chi connectivity index (χ2v) is 8.92. The van der Waals surface area contributed by atoms with Crippen LogP contribution in [0.25, 0.3) is 0 Å². The lowest BCUT2D eigenvalue weighted by atomic mass is 9.94. The van der Waals surface area contributed by atoms with Gasteiger partial charge in [-0.1, -0.05) is 30.3 Å². The molecule has 2 heterocycles. The summed E-state index contributed by atoms with van der Waals surface area (Å²) >= 11 is 0. The van der Waals surface area contributed by atoms with E-state index in [0.29, 0.717) is 24.1 Å². The summed E-state index contributed by atoms with van der Waals surface area (Å²) in [5.74, 6) is 1.73. The maximum absolute atomic E-state index is 11.3. The Labute approximate surface area is 168 Å². The topological polar surface area (TPSA) is 80.3 Å². The summed E-state index contributed by atoms with van der Waals surface area (Å²) in [7, 11) is -2.73. The summed E-state index contributed by atoms with van der Waals surface area (Å²) in [6.45, 7) is 6.67. The van der Waals surface area contributed by atoms with E-state index >= 15 is 0 Å². The molecule has 6 nitrogen and oxygen atoms in total. The Bertz CT molecular complexity index is 845. The van der Waals surface area contributed by atoms with Crippen molar-refractivity contribution in [2.24, 2.45) is 5.92 Å². The number of aromatic nitrogens is 1. The number of ether oxygens (including phenoxy) is 1. The first kappa shape index (κ1) is 20.6. The van der Waals surface area contributed by atoms with Crippen molar-refractivity contribution in [3.63, 3.8) is 0 Å². The second kappa shape index (κ2) is 9.39. The number of hydrogen-bond acceptors (Lipinski definition) is 6. The minimum Gasteiger partial charge on any atom is -0.485 e. The minimum absolute atomic E-state index is 0.0475.